The van der Waals surface area contributed by atoms with Crippen LogP contribution in [0.3, 0.4) is 0 Å². The smallest absolute Gasteiger partial charge is 0.252 e. The van der Waals surface area contributed by atoms with Crippen LogP contribution in [0, 0.1) is 6.92 Å². The molecule has 1 aliphatic rings. The minimum Gasteiger partial charge on any atom is -0.508 e. The fraction of sp³-hybridized carbons (Fsp3) is 0.467. The first-order chi connectivity index (χ1) is 9.46. The predicted molar refractivity (Wildman–Crippen MR) is 82.9 cm³/mol. The topological polar surface area (TPSA) is 75.3 Å². The number of rotatable bonds is 3. The highest BCUT2D eigenvalue weighted by molar-refractivity contribution is 7.80. The van der Waals surface area contributed by atoms with Crippen molar-refractivity contribution < 1.29 is 9.90 Å². The molecule has 0 aliphatic heterocycles. The highest BCUT2D eigenvalue weighted by atomic mass is 32.1. The highest BCUT2D eigenvalue weighted by Crippen LogP contribution is 2.29. The number of carbonyl (C=O) groups excluding carboxylic acids is 1. The third-order valence-corrected chi connectivity index (χ3v) is 4.47. The first-order valence-corrected chi connectivity index (χ1v) is 7.28. The zero-order chi connectivity index (χ0) is 14.8. The molecule has 0 spiro atoms. The molecule has 1 aliphatic carbocycles. The largest absolute Gasteiger partial charge is 0.508 e. The van der Waals surface area contributed by atoms with Gasteiger partial charge < -0.3 is 16.2 Å². The Labute approximate surface area is 124 Å². The van der Waals surface area contributed by atoms with Crippen LogP contribution < -0.4 is 11.1 Å². The zero-order valence-electron chi connectivity index (χ0n) is 11.6. The van der Waals surface area contributed by atoms with Gasteiger partial charge in [-0.25, -0.2) is 0 Å². The first kappa shape index (κ1) is 14.8. The molecule has 0 radical (unpaired) electrons. The Morgan fingerprint density at radius 2 is 2.00 bits per heavy atom. The summed E-state index contributed by atoms with van der Waals surface area (Å²) >= 11 is 5.17. The molecule has 2 rings (SSSR count). The van der Waals surface area contributed by atoms with Crippen molar-refractivity contribution in [2.75, 3.05) is 0 Å². The first-order valence-electron chi connectivity index (χ1n) is 6.87. The lowest BCUT2D eigenvalue weighted by molar-refractivity contribution is 0.0907. The number of hydrogen-bond acceptors (Lipinski definition) is 3. The number of phenolic OH excluding ortho intramolecular Hbond substituents is 1. The van der Waals surface area contributed by atoms with Crippen LogP contribution in [-0.2, 0) is 0 Å². The standard InChI is InChI=1S/C15H20N2O2S/c1-10-11(6-5-7-12(10)18)13(19)17-15(14(16)20)8-3-2-4-9-15/h5-7,18H,2-4,8-9H2,1H3,(H2,16,20)(H,17,19). The van der Waals surface area contributed by atoms with Gasteiger partial charge in [-0.1, -0.05) is 37.5 Å². The summed E-state index contributed by atoms with van der Waals surface area (Å²) in [5.74, 6) is -0.112. The van der Waals surface area contributed by atoms with Gasteiger partial charge in [-0.3, -0.25) is 4.79 Å². The van der Waals surface area contributed by atoms with Gasteiger partial charge in [-0.15, -0.1) is 0 Å². The van der Waals surface area contributed by atoms with Crippen LogP contribution in [0.25, 0.3) is 0 Å². The normalized spacial score (nSPS) is 17.4. The van der Waals surface area contributed by atoms with E-state index in [-0.39, 0.29) is 11.7 Å². The van der Waals surface area contributed by atoms with Gasteiger partial charge in [0, 0.05) is 11.1 Å². The van der Waals surface area contributed by atoms with Crippen LogP contribution in [0.15, 0.2) is 18.2 Å². The maximum absolute atomic E-state index is 12.5. The zero-order valence-corrected chi connectivity index (χ0v) is 12.4. The fourth-order valence-corrected chi connectivity index (χ4v) is 3.00. The van der Waals surface area contributed by atoms with Crippen molar-refractivity contribution in [1.29, 1.82) is 0 Å². The lowest BCUT2D eigenvalue weighted by atomic mass is 9.81. The lowest BCUT2D eigenvalue weighted by Crippen LogP contribution is -2.57. The molecule has 0 atom stereocenters. The second kappa shape index (κ2) is 5.79. The number of phenols is 1. The van der Waals surface area contributed by atoms with E-state index >= 15 is 0 Å². The molecular formula is C15H20N2O2S. The number of carbonyl (C=O) groups is 1. The van der Waals surface area contributed by atoms with Gasteiger partial charge in [0.1, 0.15) is 5.75 Å². The van der Waals surface area contributed by atoms with Crippen molar-refractivity contribution in [3.05, 3.63) is 29.3 Å². The molecule has 108 valence electrons. The maximum Gasteiger partial charge on any atom is 0.252 e. The monoisotopic (exact) mass is 292 g/mol. The Kier molecular flexibility index (Phi) is 4.28. The number of amides is 1. The summed E-state index contributed by atoms with van der Waals surface area (Å²) in [6.45, 7) is 1.72. The summed E-state index contributed by atoms with van der Waals surface area (Å²) in [5.41, 5.74) is 6.32. The number of aromatic hydroxyl groups is 1. The van der Waals surface area contributed by atoms with Gasteiger partial charge in [0.2, 0.25) is 0 Å². The average Bonchev–Trinajstić information content (AvgIpc) is 2.42. The van der Waals surface area contributed by atoms with Crippen molar-refractivity contribution in [3.8, 4) is 5.75 Å². The molecule has 0 aromatic heterocycles. The van der Waals surface area contributed by atoms with E-state index in [1.807, 2.05) is 0 Å². The molecule has 1 saturated carbocycles. The maximum atomic E-state index is 12.5. The lowest BCUT2D eigenvalue weighted by Gasteiger charge is -2.37. The van der Waals surface area contributed by atoms with E-state index < -0.39 is 5.54 Å². The third-order valence-electron chi connectivity index (χ3n) is 4.08. The van der Waals surface area contributed by atoms with Gasteiger partial charge in [-0.2, -0.15) is 0 Å². The number of nitrogens with one attached hydrogen (secondary N) is 1. The fourth-order valence-electron chi connectivity index (χ4n) is 2.74. The van der Waals surface area contributed by atoms with E-state index in [9.17, 15) is 9.90 Å². The van der Waals surface area contributed by atoms with Gasteiger partial charge in [-0.05, 0) is 31.9 Å². The summed E-state index contributed by atoms with van der Waals surface area (Å²) in [7, 11) is 0. The second-order valence-corrected chi connectivity index (χ2v) is 5.85. The average molecular weight is 292 g/mol. The molecule has 5 heteroatoms. The van der Waals surface area contributed by atoms with Gasteiger partial charge in [0.15, 0.2) is 0 Å². The quantitative estimate of drug-likeness (QED) is 0.748. The molecule has 0 bridgehead atoms. The summed E-state index contributed by atoms with van der Waals surface area (Å²) in [6, 6.07) is 4.92. The van der Waals surface area contributed by atoms with Crippen LogP contribution >= 0.6 is 12.2 Å². The molecule has 1 amide bonds. The summed E-state index contributed by atoms with van der Waals surface area (Å²) in [6.07, 6.45) is 4.73. The summed E-state index contributed by atoms with van der Waals surface area (Å²) in [4.78, 5) is 12.8. The Morgan fingerprint density at radius 1 is 1.35 bits per heavy atom. The number of hydrogen-bond donors (Lipinski definition) is 3. The SMILES string of the molecule is Cc1c(O)cccc1C(=O)NC1(C(N)=S)CCCCC1. The molecule has 0 saturated heterocycles. The molecule has 4 nitrogen and oxygen atoms in total. The minimum absolute atomic E-state index is 0.116. The molecule has 1 fully saturated rings. The van der Waals surface area contributed by atoms with E-state index in [4.69, 9.17) is 18.0 Å². The number of benzene rings is 1. The Morgan fingerprint density at radius 3 is 2.60 bits per heavy atom. The van der Waals surface area contributed by atoms with Crippen molar-refractivity contribution in [3.63, 3.8) is 0 Å². The summed E-state index contributed by atoms with van der Waals surface area (Å²) < 4.78 is 0. The number of nitrogens with two attached hydrogens (primary N) is 1. The molecule has 1 aromatic carbocycles. The van der Waals surface area contributed by atoms with Crippen molar-refractivity contribution in [2.45, 2.75) is 44.6 Å². The van der Waals surface area contributed by atoms with Gasteiger partial charge in [0.05, 0.1) is 10.5 Å². The molecule has 1 aromatic rings. The van der Waals surface area contributed by atoms with E-state index in [2.05, 4.69) is 5.32 Å². The molecular weight excluding hydrogens is 272 g/mol. The second-order valence-electron chi connectivity index (χ2n) is 5.41. The molecule has 4 N–H and O–H groups in total. The van der Waals surface area contributed by atoms with Crippen LogP contribution in [-0.4, -0.2) is 21.5 Å². The molecule has 20 heavy (non-hydrogen) atoms. The molecule has 0 unspecified atom stereocenters. The van der Waals surface area contributed by atoms with E-state index in [1.54, 1.807) is 25.1 Å². The Balaban J connectivity index is 2.25. The highest BCUT2D eigenvalue weighted by Gasteiger charge is 2.36. The van der Waals surface area contributed by atoms with Crippen molar-refractivity contribution in [2.24, 2.45) is 5.73 Å². The van der Waals surface area contributed by atoms with E-state index in [1.165, 1.54) is 0 Å². The van der Waals surface area contributed by atoms with Crippen LogP contribution in [0.1, 0.15) is 48.0 Å². The van der Waals surface area contributed by atoms with E-state index in [0.717, 1.165) is 32.1 Å². The van der Waals surface area contributed by atoms with Gasteiger partial charge in [0.25, 0.3) is 5.91 Å². The predicted octanol–water partition coefficient (Wildman–Crippen LogP) is 2.42. The van der Waals surface area contributed by atoms with Gasteiger partial charge >= 0.3 is 0 Å². The molecule has 0 heterocycles. The van der Waals surface area contributed by atoms with Crippen molar-refractivity contribution >= 4 is 23.1 Å². The Bertz CT molecular complexity index is 537. The van der Waals surface area contributed by atoms with Crippen LogP contribution in [0.5, 0.6) is 5.75 Å². The Hall–Kier alpha value is -1.62. The number of thiocarbonyl (C=S) groups is 1. The minimum atomic E-state index is -0.581. The van der Waals surface area contributed by atoms with Crippen LogP contribution in [0.4, 0.5) is 0 Å². The van der Waals surface area contributed by atoms with E-state index in [0.29, 0.717) is 16.1 Å². The summed E-state index contributed by atoms with van der Waals surface area (Å²) in [5, 5.41) is 12.7. The third kappa shape index (κ3) is 2.77. The van der Waals surface area contributed by atoms with Crippen LogP contribution in [0.2, 0.25) is 0 Å². The van der Waals surface area contributed by atoms with Crippen molar-refractivity contribution in [1.82, 2.24) is 5.32 Å².